The van der Waals surface area contributed by atoms with Gasteiger partial charge in [0.25, 0.3) is 0 Å². The van der Waals surface area contributed by atoms with Gasteiger partial charge in [-0.1, -0.05) is 0 Å². The number of esters is 2. The third-order valence-corrected chi connectivity index (χ3v) is 4.05. The summed E-state index contributed by atoms with van der Waals surface area (Å²) in [6, 6.07) is -1.77. The average molecular weight is 481 g/mol. The van der Waals surface area contributed by atoms with Crippen molar-refractivity contribution in [2.24, 2.45) is 10.9 Å². The van der Waals surface area contributed by atoms with Crippen LogP contribution in [0.3, 0.4) is 0 Å². The summed E-state index contributed by atoms with van der Waals surface area (Å²) < 4.78 is 125. The number of methoxy groups -OCH3 is 2. The number of nitrogens with zero attached hydrogens (tertiary/aromatic N) is 1. The van der Waals surface area contributed by atoms with Crippen molar-refractivity contribution < 1.29 is 58.6 Å². The zero-order valence-electron chi connectivity index (χ0n) is 16.4. The van der Waals surface area contributed by atoms with Crippen molar-refractivity contribution in [3.63, 3.8) is 0 Å². The summed E-state index contributed by atoms with van der Waals surface area (Å²) in [6.07, 6.45) is -17.7. The van der Waals surface area contributed by atoms with Crippen LogP contribution in [0.5, 0.6) is 0 Å². The van der Waals surface area contributed by atoms with Crippen molar-refractivity contribution in [1.29, 1.82) is 0 Å². The fourth-order valence-corrected chi connectivity index (χ4v) is 2.56. The van der Waals surface area contributed by atoms with E-state index in [4.69, 9.17) is 0 Å². The molecule has 14 heteroatoms. The molecule has 0 fully saturated rings. The molecule has 5 nitrogen and oxygen atoms in total. The van der Waals surface area contributed by atoms with Crippen molar-refractivity contribution in [2.45, 2.75) is 37.4 Å². The molecule has 0 radical (unpaired) electrons. The minimum atomic E-state index is -5.19. The molecule has 0 N–H and O–H groups in total. The van der Waals surface area contributed by atoms with Gasteiger partial charge in [0.15, 0.2) is 0 Å². The fourth-order valence-electron chi connectivity index (χ4n) is 2.56. The van der Waals surface area contributed by atoms with Gasteiger partial charge in [0.2, 0.25) is 0 Å². The number of benzene rings is 1. The topological polar surface area (TPSA) is 65.0 Å². The molecule has 1 aromatic carbocycles. The highest BCUT2D eigenvalue weighted by Gasteiger charge is 2.40. The molecular formula is C18H16F9NO4. The van der Waals surface area contributed by atoms with Crippen LogP contribution in [-0.4, -0.2) is 44.6 Å². The Kier molecular flexibility index (Phi) is 8.69. The molecule has 2 atom stereocenters. The van der Waals surface area contributed by atoms with E-state index in [1.807, 2.05) is 0 Å². The molecule has 32 heavy (non-hydrogen) atoms. The van der Waals surface area contributed by atoms with Gasteiger partial charge in [0, 0.05) is 6.21 Å². The van der Waals surface area contributed by atoms with Crippen molar-refractivity contribution in [2.75, 3.05) is 14.2 Å². The minimum absolute atomic E-state index is 0.168. The molecule has 0 aromatic heterocycles. The van der Waals surface area contributed by atoms with Crippen LogP contribution in [0.4, 0.5) is 39.5 Å². The molecule has 0 aliphatic heterocycles. The van der Waals surface area contributed by atoms with Crippen molar-refractivity contribution in [1.82, 2.24) is 0 Å². The Bertz CT molecular complexity index is 812. The van der Waals surface area contributed by atoms with Gasteiger partial charge in [-0.25, -0.2) is 0 Å². The Hall–Kier alpha value is -2.80. The molecule has 0 spiro atoms. The van der Waals surface area contributed by atoms with E-state index in [0.717, 1.165) is 14.2 Å². The number of alkyl halides is 9. The number of hydrogen-bond donors (Lipinski definition) is 0. The van der Waals surface area contributed by atoms with E-state index in [-0.39, 0.29) is 18.2 Å². The van der Waals surface area contributed by atoms with Gasteiger partial charge in [-0.05, 0) is 23.8 Å². The molecule has 0 aliphatic rings. The molecule has 1 aromatic rings. The maximum Gasteiger partial charge on any atom is 0.416 e. The molecule has 1 rings (SSSR count). The van der Waals surface area contributed by atoms with E-state index < -0.39 is 72.0 Å². The molecule has 0 saturated carbocycles. The highest BCUT2D eigenvalue weighted by Crippen LogP contribution is 2.36. The van der Waals surface area contributed by atoms with Gasteiger partial charge >= 0.3 is 30.5 Å². The predicted molar refractivity (Wildman–Crippen MR) is 90.6 cm³/mol. The van der Waals surface area contributed by atoms with Gasteiger partial charge in [-0.3, -0.25) is 14.6 Å². The monoisotopic (exact) mass is 481 g/mol. The molecule has 0 aliphatic carbocycles. The van der Waals surface area contributed by atoms with Crippen molar-refractivity contribution in [3.8, 4) is 0 Å². The third-order valence-electron chi connectivity index (χ3n) is 4.05. The molecule has 0 bridgehead atoms. The first-order valence-corrected chi connectivity index (χ1v) is 8.52. The van der Waals surface area contributed by atoms with Gasteiger partial charge < -0.3 is 9.47 Å². The lowest BCUT2D eigenvalue weighted by Crippen LogP contribution is -2.34. The van der Waals surface area contributed by atoms with E-state index in [2.05, 4.69) is 14.5 Å². The highest BCUT2D eigenvalue weighted by molar-refractivity contribution is 5.83. The summed E-state index contributed by atoms with van der Waals surface area (Å²) in [6.45, 7) is 0. The van der Waals surface area contributed by atoms with Crippen LogP contribution in [0.15, 0.2) is 23.2 Å². The first kappa shape index (κ1) is 27.2. The zero-order valence-corrected chi connectivity index (χ0v) is 16.4. The predicted octanol–water partition coefficient (Wildman–Crippen LogP) is 4.82. The van der Waals surface area contributed by atoms with Crippen LogP contribution in [0.25, 0.3) is 0 Å². The number of halogens is 9. The highest BCUT2D eigenvalue weighted by atomic mass is 19.4. The van der Waals surface area contributed by atoms with Crippen LogP contribution in [0.2, 0.25) is 0 Å². The van der Waals surface area contributed by atoms with E-state index >= 15 is 0 Å². The largest absolute Gasteiger partial charge is 0.469 e. The second-order valence-electron chi connectivity index (χ2n) is 6.41. The fraction of sp³-hybridized carbons (Fsp3) is 0.500. The Balaban J connectivity index is 3.50. The summed E-state index contributed by atoms with van der Waals surface area (Å²) in [5.74, 6) is -4.28. The van der Waals surface area contributed by atoms with E-state index in [1.54, 1.807) is 0 Å². The number of aliphatic imine (C=N–C) groups is 1. The molecule has 2 unspecified atom stereocenters. The first-order valence-electron chi connectivity index (χ1n) is 8.52. The molecular weight excluding hydrogens is 465 g/mol. The maximum absolute atomic E-state index is 13.0. The van der Waals surface area contributed by atoms with Crippen LogP contribution < -0.4 is 0 Å². The molecule has 0 saturated heterocycles. The SMILES string of the molecule is COC(=O)CC(C(=O)OC)C(CC(F)(F)F)N=Cc1cc(C(F)(F)F)cc(C(F)(F)F)c1. The summed E-state index contributed by atoms with van der Waals surface area (Å²) in [7, 11) is 1.70. The molecule has 0 amide bonds. The lowest BCUT2D eigenvalue weighted by Gasteiger charge is -2.22. The number of ether oxygens (including phenoxy) is 2. The Morgan fingerprint density at radius 3 is 1.78 bits per heavy atom. The summed E-state index contributed by atoms with van der Waals surface area (Å²) in [4.78, 5) is 26.8. The number of carbonyl (C=O) groups is 2. The standard InChI is InChI=1S/C18H16F9NO4/c1-31-14(29)6-12(15(30)32-2)13(7-16(19,20)21)28-8-9-3-10(17(22,23)24)5-11(4-9)18(25,26)27/h3-5,8,12-13H,6-7H2,1-2H3. The average Bonchev–Trinajstić information content (AvgIpc) is 2.66. The molecule has 0 heterocycles. The van der Waals surface area contributed by atoms with Crippen LogP contribution in [-0.2, 0) is 31.4 Å². The second kappa shape index (κ2) is 10.2. The number of carbonyl (C=O) groups excluding carboxylic acids is 2. The lowest BCUT2D eigenvalue weighted by molar-refractivity contribution is -0.159. The normalized spacial score (nSPS) is 14.8. The van der Waals surface area contributed by atoms with E-state index in [9.17, 15) is 49.1 Å². The van der Waals surface area contributed by atoms with Gasteiger partial charge in [-0.15, -0.1) is 0 Å². The quantitative estimate of drug-likeness (QED) is 0.319. The summed E-state index contributed by atoms with van der Waals surface area (Å²) in [5.41, 5.74) is -4.23. The second-order valence-corrected chi connectivity index (χ2v) is 6.41. The number of rotatable bonds is 7. The molecule has 180 valence electrons. The Morgan fingerprint density at radius 1 is 0.906 bits per heavy atom. The van der Waals surface area contributed by atoms with Crippen LogP contribution in [0, 0.1) is 5.92 Å². The Labute approximate surface area is 175 Å². The summed E-state index contributed by atoms with van der Waals surface area (Å²) in [5, 5.41) is 0. The third kappa shape index (κ3) is 8.38. The summed E-state index contributed by atoms with van der Waals surface area (Å²) >= 11 is 0. The van der Waals surface area contributed by atoms with Crippen molar-refractivity contribution in [3.05, 3.63) is 34.9 Å². The van der Waals surface area contributed by atoms with E-state index in [0.29, 0.717) is 6.21 Å². The first-order chi connectivity index (χ1) is 14.5. The van der Waals surface area contributed by atoms with Crippen LogP contribution >= 0.6 is 0 Å². The van der Waals surface area contributed by atoms with Crippen LogP contribution in [0.1, 0.15) is 29.5 Å². The van der Waals surface area contributed by atoms with Crippen molar-refractivity contribution >= 4 is 18.2 Å². The smallest absolute Gasteiger partial charge is 0.416 e. The number of hydrogen-bond acceptors (Lipinski definition) is 5. The minimum Gasteiger partial charge on any atom is -0.469 e. The van der Waals surface area contributed by atoms with Gasteiger partial charge in [0.1, 0.15) is 0 Å². The zero-order chi connectivity index (χ0) is 24.9. The maximum atomic E-state index is 13.0. The van der Waals surface area contributed by atoms with Gasteiger partial charge in [0.05, 0.1) is 50.1 Å². The van der Waals surface area contributed by atoms with E-state index in [1.165, 1.54) is 0 Å². The lowest BCUT2D eigenvalue weighted by atomic mass is 9.93. The Morgan fingerprint density at radius 2 is 1.41 bits per heavy atom. The van der Waals surface area contributed by atoms with Gasteiger partial charge in [-0.2, -0.15) is 39.5 Å².